The van der Waals surface area contributed by atoms with Crippen LogP contribution in [0.3, 0.4) is 0 Å². The monoisotopic (exact) mass is 460 g/mol. The summed E-state index contributed by atoms with van der Waals surface area (Å²) in [5.41, 5.74) is 1.34. The average Bonchev–Trinajstić information content (AvgIpc) is 3.09. The molecule has 0 aromatic heterocycles. The molecule has 6 heteroatoms. The zero-order valence-electron chi connectivity index (χ0n) is 15.9. The van der Waals surface area contributed by atoms with Gasteiger partial charge in [-0.15, -0.1) is 24.0 Å². The Labute approximate surface area is 169 Å². The van der Waals surface area contributed by atoms with Gasteiger partial charge in [0.25, 0.3) is 0 Å². The van der Waals surface area contributed by atoms with Gasteiger partial charge in [-0.3, -0.25) is 9.89 Å². The molecule has 2 atom stereocenters. The van der Waals surface area contributed by atoms with Gasteiger partial charge in [0.2, 0.25) is 0 Å². The van der Waals surface area contributed by atoms with E-state index >= 15 is 0 Å². The van der Waals surface area contributed by atoms with Gasteiger partial charge >= 0.3 is 0 Å². The summed E-state index contributed by atoms with van der Waals surface area (Å²) in [6.45, 7) is 6.84. The van der Waals surface area contributed by atoms with Crippen LogP contribution >= 0.6 is 24.0 Å². The highest BCUT2D eigenvalue weighted by Crippen LogP contribution is 2.13. The predicted octanol–water partition coefficient (Wildman–Crippen LogP) is 2.67. The van der Waals surface area contributed by atoms with Crippen molar-refractivity contribution >= 4 is 29.9 Å². The number of hydrogen-bond donors (Lipinski definition) is 1. The Hall–Kier alpha value is -0.860. The quantitative estimate of drug-likeness (QED) is 0.386. The SMILES string of the molecule is CN=C(NCC(C)N(C)Cc1ccccc1)N(C)CC1CCOC1.I. The van der Waals surface area contributed by atoms with E-state index in [0.29, 0.717) is 12.0 Å². The first kappa shape index (κ1) is 22.2. The van der Waals surface area contributed by atoms with Crippen LogP contribution in [0.1, 0.15) is 18.9 Å². The van der Waals surface area contributed by atoms with Crippen molar-refractivity contribution in [3.05, 3.63) is 35.9 Å². The topological polar surface area (TPSA) is 40.1 Å². The Bertz CT molecular complexity index is 505. The second kappa shape index (κ2) is 11.7. The van der Waals surface area contributed by atoms with Crippen LogP contribution in [-0.4, -0.2) is 69.2 Å². The molecule has 2 unspecified atom stereocenters. The number of aliphatic imine (C=N–C) groups is 1. The molecule has 1 aromatic carbocycles. The number of rotatable bonds is 7. The van der Waals surface area contributed by atoms with Gasteiger partial charge in [-0.2, -0.15) is 0 Å². The molecule has 0 aliphatic carbocycles. The molecule has 5 nitrogen and oxygen atoms in total. The Kier molecular flexibility index (Phi) is 10.4. The van der Waals surface area contributed by atoms with Crippen LogP contribution in [0.5, 0.6) is 0 Å². The summed E-state index contributed by atoms with van der Waals surface area (Å²) in [6.07, 6.45) is 1.15. The van der Waals surface area contributed by atoms with Crippen molar-refractivity contribution in [3.8, 4) is 0 Å². The molecular formula is C19H33IN4O. The smallest absolute Gasteiger partial charge is 0.193 e. The van der Waals surface area contributed by atoms with Crippen molar-refractivity contribution in [1.82, 2.24) is 15.1 Å². The van der Waals surface area contributed by atoms with E-state index in [4.69, 9.17) is 4.74 Å². The van der Waals surface area contributed by atoms with Crippen molar-refractivity contribution in [2.45, 2.75) is 25.9 Å². The van der Waals surface area contributed by atoms with E-state index in [1.54, 1.807) is 0 Å². The van der Waals surface area contributed by atoms with Crippen LogP contribution in [0, 0.1) is 5.92 Å². The number of nitrogens with zero attached hydrogens (tertiary/aromatic N) is 3. The molecule has 25 heavy (non-hydrogen) atoms. The zero-order chi connectivity index (χ0) is 17.4. The molecule has 1 heterocycles. The van der Waals surface area contributed by atoms with E-state index in [1.807, 2.05) is 7.05 Å². The van der Waals surface area contributed by atoms with E-state index < -0.39 is 0 Å². The van der Waals surface area contributed by atoms with E-state index in [1.165, 1.54) is 5.56 Å². The van der Waals surface area contributed by atoms with E-state index in [2.05, 4.69) is 71.5 Å². The lowest BCUT2D eigenvalue weighted by Gasteiger charge is -2.29. The molecule has 1 saturated heterocycles. The lowest BCUT2D eigenvalue weighted by molar-refractivity contribution is 0.181. The van der Waals surface area contributed by atoms with Crippen LogP contribution < -0.4 is 5.32 Å². The Balaban J connectivity index is 0.00000312. The van der Waals surface area contributed by atoms with Crippen molar-refractivity contribution in [2.24, 2.45) is 10.9 Å². The minimum absolute atomic E-state index is 0. The summed E-state index contributed by atoms with van der Waals surface area (Å²) in [6, 6.07) is 11.0. The largest absolute Gasteiger partial charge is 0.381 e. The van der Waals surface area contributed by atoms with Gasteiger partial charge in [0.1, 0.15) is 0 Å². The number of nitrogens with one attached hydrogen (secondary N) is 1. The first-order valence-electron chi connectivity index (χ1n) is 8.83. The minimum Gasteiger partial charge on any atom is -0.381 e. The first-order chi connectivity index (χ1) is 11.6. The van der Waals surface area contributed by atoms with Crippen molar-refractivity contribution in [1.29, 1.82) is 0 Å². The Morgan fingerprint density at radius 3 is 2.64 bits per heavy atom. The minimum atomic E-state index is 0. The standard InChI is InChI=1S/C19H32N4O.HI/c1-16(22(3)13-17-8-6-5-7-9-17)12-21-19(20-2)23(4)14-18-10-11-24-15-18;/h5-9,16,18H,10-15H2,1-4H3,(H,20,21);1H. The lowest BCUT2D eigenvalue weighted by Crippen LogP contribution is -2.46. The van der Waals surface area contributed by atoms with Crippen molar-refractivity contribution < 1.29 is 4.74 Å². The molecular weight excluding hydrogens is 427 g/mol. The molecule has 1 aromatic rings. The van der Waals surface area contributed by atoms with Crippen LogP contribution in [0.4, 0.5) is 0 Å². The number of benzene rings is 1. The number of likely N-dealkylation sites (N-methyl/N-ethyl adjacent to an activating group) is 1. The highest BCUT2D eigenvalue weighted by Gasteiger charge is 2.19. The Morgan fingerprint density at radius 2 is 2.04 bits per heavy atom. The number of ether oxygens (including phenoxy) is 1. The molecule has 0 spiro atoms. The molecule has 1 aliphatic heterocycles. The van der Waals surface area contributed by atoms with Crippen LogP contribution in [-0.2, 0) is 11.3 Å². The molecule has 1 fully saturated rings. The fourth-order valence-corrected chi connectivity index (χ4v) is 3.01. The van der Waals surface area contributed by atoms with E-state index in [-0.39, 0.29) is 24.0 Å². The van der Waals surface area contributed by atoms with E-state index in [9.17, 15) is 0 Å². The fraction of sp³-hybridized carbons (Fsp3) is 0.632. The summed E-state index contributed by atoms with van der Waals surface area (Å²) in [5, 5.41) is 3.50. The van der Waals surface area contributed by atoms with Gasteiger partial charge in [0.15, 0.2) is 5.96 Å². The summed E-state index contributed by atoms with van der Waals surface area (Å²) in [5.74, 6) is 1.58. The van der Waals surface area contributed by atoms with Crippen molar-refractivity contribution in [3.63, 3.8) is 0 Å². The maximum Gasteiger partial charge on any atom is 0.193 e. The average molecular weight is 460 g/mol. The van der Waals surface area contributed by atoms with Crippen LogP contribution in [0.25, 0.3) is 0 Å². The molecule has 2 rings (SSSR count). The third-order valence-electron chi connectivity index (χ3n) is 4.71. The summed E-state index contributed by atoms with van der Waals surface area (Å²) in [4.78, 5) is 8.99. The third-order valence-corrected chi connectivity index (χ3v) is 4.71. The molecule has 0 radical (unpaired) electrons. The predicted molar refractivity (Wildman–Crippen MR) is 116 cm³/mol. The molecule has 0 amide bonds. The highest BCUT2D eigenvalue weighted by molar-refractivity contribution is 14.0. The third kappa shape index (κ3) is 7.50. The van der Waals surface area contributed by atoms with Crippen molar-refractivity contribution in [2.75, 3.05) is 47.4 Å². The second-order valence-electron chi connectivity index (χ2n) is 6.79. The molecule has 1 aliphatic rings. The van der Waals surface area contributed by atoms with Gasteiger partial charge < -0.3 is 15.0 Å². The lowest BCUT2D eigenvalue weighted by atomic mass is 10.1. The highest BCUT2D eigenvalue weighted by atomic mass is 127. The maximum absolute atomic E-state index is 5.46. The Morgan fingerprint density at radius 1 is 1.32 bits per heavy atom. The van der Waals surface area contributed by atoms with Gasteiger partial charge in [-0.05, 0) is 26.0 Å². The van der Waals surface area contributed by atoms with Gasteiger partial charge in [0.05, 0.1) is 6.61 Å². The van der Waals surface area contributed by atoms with E-state index in [0.717, 1.165) is 45.2 Å². The number of guanidine groups is 1. The summed E-state index contributed by atoms with van der Waals surface area (Å²) >= 11 is 0. The number of hydrogen-bond acceptors (Lipinski definition) is 3. The van der Waals surface area contributed by atoms with Gasteiger partial charge in [-0.25, -0.2) is 0 Å². The van der Waals surface area contributed by atoms with Crippen LogP contribution in [0.2, 0.25) is 0 Å². The zero-order valence-corrected chi connectivity index (χ0v) is 18.3. The number of halogens is 1. The fourth-order valence-electron chi connectivity index (χ4n) is 3.01. The second-order valence-corrected chi connectivity index (χ2v) is 6.79. The summed E-state index contributed by atoms with van der Waals surface area (Å²) < 4.78 is 5.46. The first-order valence-corrected chi connectivity index (χ1v) is 8.83. The summed E-state index contributed by atoms with van der Waals surface area (Å²) in [7, 11) is 6.12. The molecule has 142 valence electrons. The maximum atomic E-state index is 5.46. The van der Waals surface area contributed by atoms with Gasteiger partial charge in [0, 0.05) is 52.3 Å². The molecule has 1 N–H and O–H groups in total. The molecule has 0 saturated carbocycles. The van der Waals surface area contributed by atoms with Crippen LogP contribution in [0.15, 0.2) is 35.3 Å². The van der Waals surface area contributed by atoms with Gasteiger partial charge in [-0.1, -0.05) is 30.3 Å². The molecule has 0 bridgehead atoms. The normalized spacial score (nSPS) is 18.8.